The zero-order chi connectivity index (χ0) is 23.5. The van der Waals surface area contributed by atoms with Crippen LogP contribution >= 0.6 is 0 Å². The molecule has 0 radical (unpaired) electrons. The van der Waals surface area contributed by atoms with E-state index in [4.69, 9.17) is 4.74 Å². The monoisotopic (exact) mass is 452 g/mol. The van der Waals surface area contributed by atoms with E-state index in [1.807, 2.05) is 84.9 Å². The lowest BCUT2D eigenvalue weighted by Crippen LogP contribution is -2.19. The zero-order valence-corrected chi connectivity index (χ0v) is 18.5. The summed E-state index contributed by atoms with van der Waals surface area (Å²) >= 11 is 0. The predicted octanol–water partition coefficient (Wildman–Crippen LogP) is 6.21. The summed E-state index contributed by atoms with van der Waals surface area (Å²) < 4.78 is 5.32. The van der Waals surface area contributed by atoms with Gasteiger partial charge in [-0.2, -0.15) is 0 Å². The molecule has 1 fully saturated rings. The van der Waals surface area contributed by atoms with Crippen molar-refractivity contribution >= 4 is 17.9 Å². The minimum atomic E-state index is -0.746. The fraction of sp³-hybridized carbons (Fsp3) is 0.143. The number of amides is 1. The molecule has 3 N–H and O–H groups in total. The molecule has 0 aliphatic heterocycles. The molecule has 6 heteroatoms. The minimum absolute atomic E-state index is 0.198. The smallest absolute Gasteiger partial charge is 0.413 e. The summed E-state index contributed by atoms with van der Waals surface area (Å²) in [5.41, 5.74) is 4.95. The maximum absolute atomic E-state index is 12.3. The Morgan fingerprint density at radius 1 is 0.853 bits per heavy atom. The Bertz CT molecular complexity index is 1300. The number of aromatic amines is 1. The summed E-state index contributed by atoms with van der Waals surface area (Å²) in [6.45, 7) is 0.198. The number of carbonyl (C=O) groups excluding carboxylic acids is 1. The molecule has 6 nitrogen and oxygen atoms in total. The van der Waals surface area contributed by atoms with E-state index in [9.17, 15) is 14.7 Å². The first-order chi connectivity index (χ1) is 16.5. The molecule has 4 aromatic rings. The average molecular weight is 453 g/mol. The van der Waals surface area contributed by atoms with Crippen LogP contribution in [0.5, 0.6) is 0 Å². The molecule has 1 aliphatic carbocycles. The maximum atomic E-state index is 12.3. The van der Waals surface area contributed by atoms with Gasteiger partial charge in [-0.15, -0.1) is 0 Å². The Hall–Kier alpha value is -4.32. The van der Waals surface area contributed by atoms with Gasteiger partial charge in [0.05, 0.1) is 5.41 Å². The number of carbonyl (C=O) groups is 2. The third-order valence-corrected chi connectivity index (χ3v) is 6.31. The minimum Gasteiger partial charge on any atom is -0.481 e. The molecule has 1 aromatic heterocycles. The molecule has 0 saturated heterocycles. The van der Waals surface area contributed by atoms with E-state index >= 15 is 0 Å². The number of anilines is 1. The molecule has 1 heterocycles. The normalized spacial score (nSPS) is 13.8. The van der Waals surface area contributed by atoms with Gasteiger partial charge in [-0.05, 0) is 46.7 Å². The molecule has 170 valence electrons. The van der Waals surface area contributed by atoms with E-state index in [0.29, 0.717) is 18.7 Å². The zero-order valence-electron chi connectivity index (χ0n) is 18.5. The molecule has 0 bridgehead atoms. The lowest BCUT2D eigenvalue weighted by atomic mass is 9.93. The number of carboxylic acids is 1. The number of aromatic nitrogens is 1. The predicted molar refractivity (Wildman–Crippen MR) is 130 cm³/mol. The molecule has 1 saturated carbocycles. The maximum Gasteiger partial charge on any atom is 0.413 e. The van der Waals surface area contributed by atoms with Gasteiger partial charge in [0.1, 0.15) is 12.4 Å². The third kappa shape index (κ3) is 4.30. The van der Waals surface area contributed by atoms with Gasteiger partial charge in [0.2, 0.25) is 0 Å². The van der Waals surface area contributed by atoms with Crippen molar-refractivity contribution in [2.75, 3.05) is 5.32 Å². The third-order valence-electron chi connectivity index (χ3n) is 6.31. The number of benzene rings is 3. The van der Waals surface area contributed by atoms with Crippen LogP contribution in [-0.2, 0) is 21.6 Å². The highest BCUT2D eigenvalue weighted by atomic mass is 16.5. The molecule has 0 unspecified atom stereocenters. The van der Waals surface area contributed by atoms with Gasteiger partial charge in [-0.1, -0.05) is 78.9 Å². The summed E-state index contributed by atoms with van der Waals surface area (Å²) in [5, 5.41) is 12.3. The first-order valence-electron chi connectivity index (χ1n) is 11.1. The summed E-state index contributed by atoms with van der Waals surface area (Å²) in [6.07, 6.45) is 2.64. The van der Waals surface area contributed by atoms with Crippen molar-refractivity contribution in [1.82, 2.24) is 4.98 Å². The SMILES string of the molecule is O=C(Nc1[nH]ccc1-c1ccc(-c2ccc(C3(C(=O)O)CC3)cc2)cc1)OCc1ccccc1. The number of aliphatic carboxylic acids is 1. The Balaban J connectivity index is 1.26. The molecule has 5 rings (SSSR count). The molecule has 1 amide bonds. The van der Waals surface area contributed by atoms with Crippen LogP contribution in [0, 0.1) is 0 Å². The van der Waals surface area contributed by atoms with Crippen molar-refractivity contribution in [3.05, 3.63) is 102 Å². The summed E-state index contributed by atoms with van der Waals surface area (Å²) in [4.78, 5) is 26.9. The molecule has 0 spiro atoms. The van der Waals surface area contributed by atoms with Crippen molar-refractivity contribution in [1.29, 1.82) is 0 Å². The highest BCUT2D eigenvalue weighted by Crippen LogP contribution is 2.48. The highest BCUT2D eigenvalue weighted by Gasteiger charge is 2.51. The van der Waals surface area contributed by atoms with Gasteiger partial charge >= 0.3 is 12.1 Å². The van der Waals surface area contributed by atoms with Gasteiger partial charge < -0.3 is 14.8 Å². The van der Waals surface area contributed by atoms with Crippen LogP contribution in [0.2, 0.25) is 0 Å². The Morgan fingerprint density at radius 3 is 2.09 bits per heavy atom. The van der Waals surface area contributed by atoms with Gasteiger partial charge in [0, 0.05) is 11.8 Å². The highest BCUT2D eigenvalue weighted by molar-refractivity contribution is 5.90. The van der Waals surface area contributed by atoms with E-state index in [1.165, 1.54) is 0 Å². The standard InChI is InChI=1S/C28H24N2O4/c31-26(32)28(15-16-28)23-12-10-21(11-13-23)20-6-8-22(9-7-20)24-14-17-29-25(24)30-27(33)34-18-19-4-2-1-3-5-19/h1-14,17,29H,15-16,18H2,(H,30,33)(H,31,32). The van der Waals surface area contributed by atoms with Gasteiger partial charge in [-0.3, -0.25) is 10.1 Å². The molecule has 0 atom stereocenters. The van der Waals surface area contributed by atoms with Crippen LogP contribution in [0.15, 0.2) is 91.1 Å². The van der Waals surface area contributed by atoms with Crippen LogP contribution in [-0.4, -0.2) is 22.2 Å². The van der Waals surface area contributed by atoms with Crippen LogP contribution in [0.1, 0.15) is 24.0 Å². The second kappa shape index (κ2) is 8.90. The fourth-order valence-electron chi connectivity index (χ4n) is 4.15. The molecule has 1 aliphatic rings. The van der Waals surface area contributed by atoms with Gasteiger partial charge in [0.25, 0.3) is 0 Å². The van der Waals surface area contributed by atoms with Crippen molar-refractivity contribution in [3.63, 3.8) is 0 Å². The topological polar surface area (TPSA) is 91.4 Å². The van der Waals surface area contributed by atoms with Crippen LogP contribution in [0.4, 0.5) is 10.6 Å². The number of carboxylic acid groups (broad SMARTS) is 1. The van der Waals surface area contributed by atoms with E-state index in [2.05, 4.69) is 10.3 Å². The number of rotatable bonds is 7. The first kappa shape index (κ1) is 21.5. The van der Waals surface area contributed by atoms with Crippen molar-refractivity contribution in [2.24, 2.45) is 0 Å². The Morgan fingerprint density at radius 2 is 1.47 bits per heavy atom. The number of hydrogen-bond donors (Lipinski definition) is 3. The lowest BCUT2D eigenvalue weighted by molar-refractivity contribution is -0.140. The van der Waals surface area contributed by atoms with Gasteiger partial charge in [-0.25, -0.2) is 4.79 Å². The number of H-pyrrole nitrogens is 1. The largest absolute Gasteiger partial charge is 0.481 e. The second-order valence-corrected chi connectivity index (χ2v) is 8.50. The van der Waals surface area contributed by atoms with Crippen molar-refractivity contribution < 1.29 is 19.4 Å². The fourth-order valence-corrected chi connectivity index (χ4v) is 4.15. The van der Waals surface area contributed by atoms with Gasteiger partial charge in [0.15, 0.2) is 0 Å². The van der Waals surface area contributed by atoms with Crippen LogP contribution < -0.4 is 5.32 Å². The summed E-state index contributed by atoms with van der Waals surface area (Å²) in [5.74, 6) is -0.178. The van der Waals surface area contributed by atoms with Crippen molar-refractivity contribution in [3.8, 4) is 22.3 Å². The Labute approximate surface area is 197 Å². The average Bonchev–Trinajstić information content (AvgIpc) is 3.57. The molecular formula is C28H24N2O4. The first-order valence-corrected chi connectivity index (χ1v) is 11.1. The van der Waals surface area contributed by atoms with E-state index in [1.54, 1.807) is 6.20 Å². The molecule has 34 heavy (non-hydrogen) atoms. The van der Waals surface area contributed by atoms with E-state index in [0.717, 1.165) is 33.4 Å². The molecular weight excluding hydrogens is 428 g/mol. The van der Waals surface area contributed by atoms with Crippen LogP contribution in [0.25, 0.3) is 22.3 Å². The van der Waals surface area contributed by atoms with Crippen LogP contribution in [0.3, 0.4) is 0 Å². The van der Waals surface area contributed by atoms with E-state index in [-0.39, 0.29) is 6.61 Å². The number of hydrogen-bond acceptors (Lipinski definition) is 3. The Kier molecular flexibility index (Phi) is 5.64. The van der Waals surface area contributed by atoms with E-state index < -0.39 is 17.5 Å². The summed E-state index contributed by atoms with van der Waals surface area (Å²) in [6, 6.07) is 27.2. The summed E-state index contributed by atoms with van der Waals surface area (Å²) in [7, 11) is 0. The lowest BCUT2D eigenvalue weighted by Gasteiger charge is -2.11. The quantitative estimate of drug-likeness (QED) is 0.311. The van der Waals surface area contributed by atoms with Crippen molar-refractivity contribution in [2.45, 2.75) is 24.9 Å². The number of nitrogens with one attached hydrogen (secondary N) is 2. The second-order valence-electron chi connectivity index (χ2n) is 8.50. The number of ether oxygens (including phenoxy) is 1. The molecule has 3 aromatic carbocycles.